The van der Waals surface area contributed by atoms with E-state index in [0.29, 0.717) is 0 Å². The molecule has 1 aliphatic heterocycles. The van der Waals surface area contributed by atoms with Crippen LogP contribution in [0.15, 0.2) is 34.6 Å². The number of hydrogen-bond donors (Lipinski definition) is 2. The van der Waals surface area contributed by atoms with E-state index < -0.39 is 0 Å². The predicted molar refractivity (Wildman–Crippen MR) is 130 cm³/mol. The highest BCUT2D eigenvalue weighted by atomic mass is 127. The molecule has 0 unspecified atom stereocenters. The number of rotatable bonds is 7. The number of halogens is 1. The van der Waals surface area contributed by atoms with E-state index in [1.807, 2.05) is 18.4 Å². The molecule has 0 bridgehead atoms. The van der Waals surface area contributed by atoms with Gasteiger partial charge in [0.25, 0.3) is 0 Å². The van der Waals surface area contributed by atoms with Gasteiger partial charge in [-0.3, -0.25) is 9.89 Å². The largest absolute Gasteiger partial charge is 0.496 e. The van der Waals surface area contributed by atoms with Gasteiger partial charge >= 0.3 is 0 Å². The summed E-state index contributed by atoms with van der Waals surface area (Å²) < 4.78 is 5.40. The van der Waals surface area contributed by atoms with Crippen LogP contribution >= 0.6 is 35.3 Å². The van der Waals surface area contributed by atoms with Crippen molar-refractivity contribution in [1.82, 2.24) is 15.5 Å². The number of thiophene rings is 1. The monoisotopic (exact) mass is 514 g/mol. The lowest BCUT2D eigenvalue weighted by molar-refractivity contribution is 0.260. The summed E-state index contributed by atoms with van der Waals surface area (Å²) >= 11 is 1.89. The first-order chi connectivity index (χ1) is 13.2. The summed E-state index contributed by atoms with van der Waals surface area (Å²) in [4.78, 5) is 8.40. The summed E-state index contributed by atoms with van der Waals surface area (Å²) in [5.74, 6) is 1.81. The van der Waals surface area contributed by atoms with E-state index in [4.69, 9.17) is 4.74 Å². The van der Waals surface area contributed by atoms with Crippen molar-refractivity contribution in [3.63, 3.8) is 0 Å². The van der Waals surface area contributed by atoms with Gasteiger partial charge in [-0.1, -0.05) is 12.1 Å². The van der Waals surface area contributed by atoms with Crippen molar-refractivity contribution in [2.45, 2.75) is 26.3 Å². The summed E-state index contributed by atoms with van der Waals surface area (Å²) in [7, 11) is 3.54. The fourth-order valence-corrected chi connectivity index (χ4v) is 4.29. The number of fused-ring (bicyclic) bond motifs is 1. The number of guanidine groups is 1. The van der Waals surface area contributed by atoms with E-state index in [1.54, 1.807) is 12.0 Å². The standard InChI is InChI=1S/C21H30N4OS.HI/c1-16-4-5-17(14-19(16)26-3)6-9-23-21(22-2)24-10-12-25-11-7-20-18(15-25)8-13-27-20;/h4-5,8,13-14H,6-7,9-12,15H2,1-3H3,(H2,22,23,24);1H. The molecule has 0 spiro atoms. The molecule has 154 valence electrons. The Bertz CT molecular complexity index is 778. The van der Waals surface area contributed by atoms with Crippen LogP contribution in [-0.2, 0) is 19.4 Å². The molecular weight excluding hydrogens is 483 g/mol. The summed E-state index contributed by atoms with van der Waals surface area (Å²) in [5, 5.41) is 9.04. The molecule has 1 aliphatic rings. The van der Waals surface area contributed by atoms with Gasteiger partial charge in [0, 0.05) is 44.6 Å². The van der Waals surface area contributed by atoms with Gasteiger partial charge in [0.2, 0.25) is 0 Å². The molecular formula is C21H31IN4OS. The topological polar surface area (TPSA) is 48.9 Å². The molecule has 2 aromatic rings. The number of ether oxygens (including phenoxy) is 1. The average molecular weight is 514 g/mol. The third kappa shape index (κ3) is 6.35. The molecule has 0 saturated carbocycles. The summed E-state index contributed by atoms with van der Waals surface area (Å²) in [6.07, 6.45) is 2.12. The summed E-state index contributed by atoms with van der Waals surface area (Å²) in [6.45, 7) is 7.06. The van der Waals surface area contributed by atoms with Crippen LogP contribution in [0.4, 0.5) is 0 Å². The van der Waals surface area contributed by atoms with E-state index in [0.717, 1.165) is 50.9 Å². The Morgan fingerprint density at radius 2 is 2.07 bits per heavy atom. The molecule has 28 heavy (non-hydrogen) atoms. The molecule has 2 N–H and O–H groups in total. The maximum absolute atomic E-state index is 5.40. The number of nitrogens with zero attached hydrogens (tertiary/aromatic N) is 2. The Hall–Kier alpha value is -1.32. The van der Waals surface area contributed by atoms with Crippen molar-refractivity contribution >= 4 is 41.3 Å². The van der Waals surface area contributed by atoms with E-state index in [1.165, 1.54) is 23.1 Å². The number of hydrogen-bond acceptors (Lipinski definition) is 4. The van der Waals surface area contributed by atoms with Gasteiger partial charge in [0.1, 0.15) is 5.75 Å². The predicted octanol–water partition coefficient (Wildman–Crippen LogP) is 3.45. The van der Waals surface area contributed by atoms with Crippen LogP contribution < -0.4 is 15.4 Å². The van der Waals surface area contributed by atoms with Gasteiger partial charge < -0.3 is 15.4 Å². The number of nitrogens with one attached hydrogen (secondary N) is 2. The molecule has 0 radical (unpaired) electrons. The molecule has 5 nitrogen and oxygen atoms in total. The van der Waals surface area contributed by atoms with Crippen molar-refractivity contribution in [2.24, 2.45) is 4.99 Å². The molecule has 0 atom stereocenters. The smallest absolute Gasteiger partial charge is 0.191 e. The first-order valence-corrected chi connectivity index (χ1v) is 10.4. The van der Waals surface area contributed by atoms with E-state index in [9.17, 15) is 0 Å². The molecule has 1 aromatic heterocycles. The Morgan fingerprint density at radius 3 is 2.86 bits per heavy atom. The van der Waals surface area contributed by atoms with Gasteiger partial charge in [0.05, 0.1) is 7.11 Å². The maximum atomic E-state index is 5.40. The number of methoxy groups -OCH3 is 1. The normalized spacial score (nSPS) is 14.2. The molecule has 2 heterocycles. The zero-order chi connectivity index (χ0) is 19.1. The Morgan fingerprint density at radius 1 is 1.25 bits per heavy atom. The average Bonchev–Trinajstić information content (AvgIpc) is 3.16. The van der Waals surface area contributed by atoms with Crippen molar-refractivity contribution in [3.8, 4) is 5.75 Å². The minimum atomic E-state index is 0. The van der Waals surface area contributed by atoms with E-state index in [-0.39, 0.29) is 24.0 Å². The van der Waals surface area contributed by atoms with Crippen LogP contribution in [0.3, 0.4) is 0 Å². The number of aryl methyl sites for hydroxylation is 1. The van der Waals surface area contributed by atoms with Gasteiger partial charge in [-0.25, -0.2) is 0 Å². The second-order valence-electron chi connectivity index (χ2n) is 6.87. The Balaban J connectivity index is 0.00000280. The van der Waals surface area contributed by atoms with Crippen LogP contribution in [0.1, 0.15) is 21.6 Å². The highest BCUT2D eigenvalue weighted by Crippen LogP contribution is 2.23. The first-order valence-electron chi connectivity index (χ1n) is 9.55. The second-order valence-corrected chi connectivity index (χ2v) is 7.88. The Kier molecular flexibility index (Phi) is 9.53. The van der Waals surface area contributed by atoms with E-state index >= 15 is 0 Å². The zero-order valence-corrected chi connectivity index (χ0v) is 20.1. The Labute approximate surface area is 189 Å². The number of aliphatic imine (C=N–C) groups is 1. The molecule has 0 saturated heterocycles. The van der Waals surface area contributed by atoms with Crippen molar-refractivity contribution in [1.29, 1.82) is 0 Å². The zero-order valence-electron chi connectivity index (χ0n) is 17.0. The van der Waals surface area contributed by atoms with Gasteiger partial charge in [0.15, 0.2) is 5.96 Å². The fraction of sp³-hybridized carbons (Fsp3) is 0.476. The lowest BCUT2D eigenvalue weighted by Crippen LogP contribution is -2.43. The second kappa shape index (κ2) is 11.6. The lowest BCUT2D eigenvalue weighted by Gasteiger charge is -2.27. The molecule has 0 aliphatic carbocycles. The van der Waals surface area contributed by atoms with Crippen molar-refractivity contribution < 1.29 is 4.74 Å². The van der Waals surface area contributed by atoms with Crippen molar-refractivity contribution in [3.05, 3.63) is 51.2 Å². The van der Waals surface area contributed by atoms with Gasteiger partial charge in [-0.2, -0.15) is 0 Å². The first kappa shape index (κ1) is 23.0. The SMILES string of the molecule is CN=C(NCCc1ccc(C)c(OC)c1)NCCN1CCc2sccc2C1.I. The minimum Gasteiger partial charge on any atom is -0.496 e. The lowest BCUT2D eigenvalue weighted by atomic mass is 10.1. The summed E-state index contributed by atoms with van der Waals surface area (Å²) in [6, 6.07) is 8.64. The molecule has 1 aromatic carbocycles. The van der Waals surface area contributed by atoms with Crippen LogP contribution in [-0.4, -0.2) is 51.2 Å². The quantitative estimate of drug-likeness (QED) is 0.338. The van der Waals surface area contributed by atoms with Crippen LogP contribution in [0.25, 0.3) is 0 Å². The highest BCUT2D eigenvalue weighted by Gasteiger charge is 2.16. The summed E-state index contributed by atoms with van der Waals surface area (Å²) in [5.41, 5.74) is 3.93. The minimum absolute atomic E-state index is 0. The third-order valence-electron chi connectivity index (χ3n) is 5.01. The highest BCUT2D eigenvalue weighted by molar-refractivity contribution is 14.0. The third-order valence-corrected chi connectivity index (χ3v) is 6.03. The molecule has 0 amide bonds. The van der Waals surface area contributed by atoms with Crippen LogP contribution in [0.5, 0.6) is 5.75 Å². The number of benzene rings is 1. The van der Waals surface area contributed by atoms with Gasteiger partial charge in [-0.15, -0.1) is 35.3 Å². The maximum Gasteiger partial charge on any atom is 0.191 e. The van der Waals surface area contributed by atoms with Gasteiger partial charge in [-0.05, 0) is 54.0 Å². The molecule has 3 rings (SSSR count). The van der Waals surface area contributed by atoms with E-state index in [2.05, 4.69) is 57.1 Å². The fourth-order valence-electron chi connectivity index (χ4n) is 3.40. The van der Waals surface area contributed by atoms with Crippen molar-refractivity contribution in [2.75, 3.05) is 40.3 Å². The van der Waals surface area contributed by atoms with Crippen LogP contribution in [0, 0.1) is 6.92 Å². The molecule has 0 fully saturated rings. The molecule has 7 heteroatoms. The van der Waals surface area contributed by atoms with Crippen LogP contribution in [0.2, 0.25) is 0 Å².